The molecule has 0 aliphatic rings. The molecule has 3 aromatic rings. The lowest BCUT2D eigenvalue weighted by atomic mass is 10.1. The van der Waals surface area contributed by atoms with E-state index in [0.29, 0.717) is 5.82 Å². The Kier molecular flexibility index (Phi) is 1.89. The normalized spacial score (nSPS) is 10.8. The zero-order valence-electron chi connectivity index (χ0n) is 8.68. The Labute approximate surface area is 91.5 Å². The van der Waals surface area contributed by atoms with Crippen molar-refractivity contribution in [2.45, 2.75) is 6.92 Å². The minimum atomic E-state index is 0.602. The SMILES string of the molecule is Cc1ccnc2ccc(-c3nn[nH]n3)cc12. The number of rotatable bonds is 1. The van der Waals surface area contributed by atoms with Crippen LogP contribution in [0, 0.1) is 6.92 Å². The van der Waals surface area contributed by atoms with Gasteiger partial charge in [0.15, 0.2) is 0 Å². The Morgan fingerprint density at radius 1 is 1.19 bits per heavy atom. The fraction of sp³-hybridized carbons (Fsp3) is 0.0909. The van der Waals surface area contributed by atoms with Gasteiger partial charge in [-0.1, -0.05) is 0 Å². The Bertz CT molecular complexity index is 630. The van der Waals surface area contributed by atoms with Gasteiger partial charge < -0.3 is 0 Å². The van der Waals surface area contributed by atoms with Crippen LogP contribution < -0.4 is 0 Å². The van der Waals surface area contributed by atoms with E-state index >= 15 is 0 Å². The van der Waals surface area contributed by atoms with E-state index in [9.17, 15) is 0 Å². The second kappa shape index (κ2) is 3.37. The molecule has 0 aliphatic carbocycles. The van der Waals surface area contributed by atoms with Crippen LogP contribution in [0.5, 0.6) is 0 Å². The number of tetrazole rings is 1. The van der Waals surface area contributed by atoms with Crippen LogP contribution in [0.1, 0.15) is 5.56 Å². The summed E-state index contributed by atoms with van der Waals surface area (Å²) in [5.74, 6) is 0.602. The topological polar surface area (TPSA) is 67.3 Å². The van der Waals surface area contributed by atoms with Crippen molar-refractivity contribution in [3.8, 4) is 11.4 Å². The number of hydrogen-bond acceptors (Lipinski definition) is 4. The maximum absolute atomic E-state index is 4.30. The van der Waals surface area contributed by atoms with Crippen LogP contribution in [0.25, 0.3) is 22.3 Å². The molecule has 0 fully saturated rings. The number of H-pyrrole nitrogens is 1. The van der Waals surface area contributed by atoms with Gasteiger partial charge in [-0.3, -0.25) is 4.98 Å². The van der Waals surface area contributed by atoms with E-state index in [2.05, 4.69) is 32.5 Å². The van der Waals surface area contributed by atoms with Gasteiger partial charge in [0.05, 0.1) is 5.52 Å². The second-order valence-corrected chi connectivity index (χ2v) is 3.60. The van der Waals surface area contributed by atoms with Gasteiger partial charge in [0.1, 0.15) is 0 Å². The zero-order chi connectivity index (χ0) is 11.0. The third kappa shape index (κ3) is 1.33. The third-order valence-corrected chi connectivity index (χ3v) is 2.56. The first-order valence-corrected chi connectivity index (χ1v) is 4.94. The maximum Gasteiger partial charge on any atom is 0.204 e. The Morgan fingerprint density at radius 2 is 2.12 bits per heavy atom. The Hall–Kier alpha value is -2.30. The van der Waals surface area contributed by atoms with Crippen LogP contribution in [0.4, 0.5) is 0 Å². The first kappa shape index (κ1) is 8.96. The first-order valence-electron chi connectivity index (χ1n) is 4.94. The summed E-state index contributed by atoms with van der Waals surface area (Å²) in [5.41, 5.74) is 3.11. The maximum atomic E-state index is 4.30. The smallest absolute Gasteiger partial charge is 0.204 e. The summed E-state index contributed by atoms with van der Waals surface area (Å²) in [6, 6.07) is 7.93. The number of fused-ring (bicyclic) bond motifs is 1. The quantitative estimate of drug-likeness (QED) is 0.665. The molecule has 2 aromatic heterocycles. The molecule has 0 saturated heterocycles. The number of hydrogen-bond donors (Lipinski definition) is 1. The second-order valence-electron chi connectivity index (χ2n) is 3.60. The molecule has 1 N–H and O–H groups in total. The Morgan fingerprint density at radius 3 is 2.94 bits per heavy atom. The minimum absolute atomic E-state index is 0.602. The van der Waals surface area contributed by atoms with Crippen LogP contribution >= 0.6 is 0 Å². The lowest BCUT2D eigenvalue weighted by Crippen LogP contribution is -1.85. The first-order chi connectivity index (χ1) is 7.84. The molecule has 0 saturated carbocycles. The molecule has 0 unspecified atom stereocenters. The molecule has 0 spiro atoms. The molecule has 0 atom stereocenters. The highest BCUT2D eigenvalue weighted by atomic mass is 15.5. The zero-order valence-corrected chi connectivity index (χ0v) is 8.68. The van der Waals surface area contributed by atoms with Crippen molar-refractivity contribution < 1.29 is 0 Å². The third-order valence-electron chi connectivity index (χ3n) is 2.56. The van der Waals surface area contributed by atoms with Crippen LogP contribution in [-0.4, -0.2) is 25.6 Å². The van der Waals surface area contributed by atoms with E-state index in [1.165, 1.54) is 5.56 Å². The monoisotopic (exact) mass is 211 g/mol. The summed E-state index contributed by atoms with van der Waals surface area (Å²) in [6.07, 6.45) is 1.81. The van der Waals surface area contributed by atoms with E-state index in [4.69, 9.17) is 0 Å². The molecular formula is C11H9N5. The summed E-state index contributed by atoms with van der Waals surface area (Å²) < 4.78 is 0. The molecule has 78 valence electrons. The molecule has 5 heteroatoms. The van der Waals surface area contributed by atoms with Crippen LogP contribution in [0.2, 0.25) is 0 Å². The van der Waals surface area contributed by atoms with Gasteiger partial charge >= 0.3 is 0 Å². The van der Waals surface area contributed by atoms with Crippen molar-refractivity contribution in [2.24, 2.45) is 0 Å². The summed E-state index contributed by atoms with van der Waals surface area (Å²) in [4.78, 5) is 4.30. The Balaban J connectivity index is 2.27. The predicted molar refractivity (Wildman–Crippen MR) is 59.7 cm³/mol. The fourth-order valence-corrected chi connectivity index (χ4v) is 1.71. The van der Waals surface area contributed by atoms with Gasteiger partial charge in [0.25, 0.3) is 0 Å². The highest BCUT2D eigenvalue weighted by Crippen LogP contribution is 2.22. The van der Waals surface area contributed by atoms with Crippen molar-refractivity contribution in [3.63, 3.8) is 0 Å². The van der Waals surface area contributed by atoms with E-state index in [0.717, 1.165) is 16.5 Å². The summed E-state index contributed by atoms with van der Waals surface area (Å²) in [5, 5.41) is 15.0. The highest BCUT2D eigenvalue weighted by Gasteiger charge is 2.05. The fourth-order valence-electron chi connectivity index (χ4n) is 1.71. The van der Waals surface area contributed by atoms with Crippen molar-refractivity contribution in [1.82, 2.24) is 25.6 Å². The molecule has 1 aromatic carbocycles. The number of nitrogens with one attached hydrogen (secondary N) is 1. The van der Waals surface area contributed by atoms with E-state index < -0.39 is 0 Å². The standard InChI is InChI=1S/C11H9N5/c1-7-4-5-12-10-3-2-8(6-9(7)10)11-13-15-16-14-11/h2-6H,1H3,(H,13,14,15,16). The lowest BCUT2D eigenvalue weighted by Gasteiger charge is -2.02. The molecule has 5 nitrogen and oxygen atoms in total. The number of benzene rings is 1. The van der Waals surface area contributed by atoms with Crippen LogP contribution in [0.15, 0.2) is 30.5 Å². The average molecular weight is 211 g/mol. The van der Waals surface area contributed by atoms with E-state index in [-0.39, 0.29) is 0 Å². The van der Waals surface area contributed by atoms with Crippen molar-refractivity contribution >= 4 is 10.9 Å². The van der Waals surface area contributed by atoms with Gasteiger partial charge in [0, 0.05) is 17.1 Å². The molecule has 0 amide bonds. The molecule has 16 heavy (non-hydrogen) atoms. The summed E-state index contributed by atoms with van der Waals surface area (Å²) in [7, 11) is 0. The van der Waals surface area contributed by atoms with E-state index in [1.807, 2.05) is 30.5 Å². The number of aromatic nitrogens is 5. The van der Waals surface area contributed by atoms with Gasteiger partial charge in [-0.15, -0.1) is 10.2 Å². The van der Waals surface area contributed by atoms with Gasteiger partial charge in [-0.25, -0.2) is 0 Å². The van der Waals surface area contributed by atoms with Crippen molar-refractivity contribution in [3.05, 3.63) is 36.0 Å². The average Bonchev–Trinajstić information content (AvgIpc) is 2.83. The highest BCUT2D eigenvalue weighted by molar-refractivity contribution is 5.85. The number of nitrogens with zero attached hydrogens (tertiary/aromatic N) is 4. The van der Waals surface area contributed by atoms with E-state index in [1.54, 1.807) is 0 Å². The number of aromatic amines is 1. The van der Waals surface area contributed by atoms with Crippen molar-refractivity contribution in [1.29, 1.82) is 0 Å². The molecule has 0 aliphatic heterocycles. The van der Waals surface area contributed by atoms with Gasteiger partial charge in [-0.2, -0.15) is 5.21 Å². The summed E-state index contributed by atoms with van der Waals surface area (Å²) in [6.45, 7) is 2.06. The predicted octanol–water partition coefficient (Wildman–Crippen LogP) is 1.72. The van der Waals surface area contributed by atoms with Gasteiger partial charge in [-0.05, 0) is 42.0 Å². The van der Waals surface area contributed by atoms with Crippen molar-refractivity contribution in [2.75, 3.05) is 0 Å². The van der Waals surface area contributed by atoms with Gasteiger partial charge in [0.2, 0.25) is 5.82 Å². The van der Waals surface area contributed by atoms with Crippen LogP contribution in [0.3, 0.4) is 0 Å². The molecule has 0 radical (unpaired) electrons. The van der Waals surface area contributed by atoms with Crippen LogP contribution in [-0.2, 0) is 0 Å². The summed E-state index contributed by atoms with van der Waals surface area (Å²) >= 11 is 0. The molecular weight excluding hydrogens is 202 g/mol. The lowest BCUT2D eigenvalue weighted by molar-refractivity contribution is 0.881. The molecule has 3 rings (SSSR count). The number of pyridine rings is 1. The molecule has 0 bridgehead atoms. The number of aryl methyl sites for hydroxylation is 1. The largest absolute Gasteiger partial charge is 0.256 e. The molecule has 2 heterocycles. The minimum Gasteiger partial charge on any atom is -0.256 e.